The molecule has 2 rings (SSSR count). The lowest BCUT2D eigenvalue weighted by Crippen LogP contribution is -2.26. The molecule has 0 aromatic rings. The topological polar surface area (TPSA) is 41.3 Å². The molecule has 0 aromatic heterocycles. The first-order chi connectivity index (χ1) is 5.39. The molecule has 2 aliphatic rings. The van der Waals surface area contributed by atoms with Gasteiger partial charge in [0.25, 0.3) is 0 Å². The highest BCUT2D eigenvalue weighted by Gasteiger charge is 2.03. The summed E-state index contributed by atoms with van der Waals surface area (Å²) in [4.78, 5) is 0. The summed E-state index contributed by atoms with van der Waals surface area (Å²) < 4.78 is 0. The molecule has 3 nitrogen and oxygen atoms in total. The summed E-state index contributed by atoms with van der Waals surface area (Å²) in [5, 5.41) is 5.08. The highest BCUT2D eigenvalue weighted by molar-refractivity contribution is 4.57. The maximum absolute atomic E-state index is 5.37. The number of nitrogens with zero attached hydrogens (tertiary/aromatic N) is 1. The van der Waals surface area contributed by atoms with E-state index in [9.17, 15) is 0 Å². The average molecular weight is 157 g/mol. The molecular formula is C8H19N3. The van der Waals surface area contributed by atoms with Gasteiger partial charge in [-0.3, -0.25) is 5.84 Å². The van der Waals surface area contributed by atoms with E-state index in [2.05, 4.69) is 5.32 Å². The number of hydrogen-bond donors (Lipinski definition) is 2. The van der Waals surface area contributed by atoms with Crippen molar-refractivity contribution in [3.05, 3.63) is 0 Å². The van der Waals surface area contributed by atoms with E-state index in [-0.39, 0.29) is 0 Å². The molecule has 3 heteroatoms. The quantitative estimate of drug-likeness (QED) is 0.498. The average Bonchev–Trinajstić information content (AvgIpc) is 2.57. The van der Waals surface area contributed by atoms with Crippen LogP contribution < -0.4 is 11.2 Å². The summed E-state index contributed by atoms with van der Waals surface area (Å²) in [6, 6.07) is 0. The van der Waals surface area contributed by atoms with Gasteiger partial charge in [-0.2, -0.15) is 0 Å². The van der Waals surface area contributed by atoms with Crippen LogP contribution in [0, 0.1) is 0 Å². The molecule has 0 aliphatic carbocycles. The third-order valence-electron chi connectivity index (χ3n) is 2.10. The van der Waals surface area contributed by atoms with E-state index >= 15 is 0 Å². The van der Waals surface area contributed by atoms with Gasteiger partial charge < -0.3 is 5.32 Å². The summed E-state index contributed by atoms with van der Waals surface area (Å²) in [5.41, 5.74) is 0. The highest BCUT2D eigenvalue weighted by atomic mass is 15.4. The molecule has 2 fully saturated rings. The molecule has 0 saturated carbocycles. The van der Waals surface area contributed by atoms with Gasteiger partial charge in [0.1, 0.15) is 0 Å². The normalized spacial score (nSPS) is 24.8. The van der Waals surface area contributed by atoms with Gasteiger partial charge in [0, 0.05) is 13.1 Å². The van der Waals surface area contributed by atoms with E-state index in [1.54, 1.807) is 0 Å². The van der Waals surface area contributed by atoms with Crippen molar-refractivity contribution < 1.29 is 0 Å². The highest BCUT2D eigenvalue weighted by Crippen LogP contribution is 1.99. The molecule has 2 aliphatic heterocycles. The lowest BCUT2D eigenvalue weighted by Gasteiger charge is -2.01. The fourth-order valence-corrected chi connectivity index (χ4v) is 1.37. The number of hydrogen-bond acceptors (Lipinski definition) is 3. The lowest BCUT2D eigenvalue weighted by atomic mass is 10.4. The zero-order valence-corrected chi connectivity index (χ0v) is 7.18. The standard InChI is InChI=1S/C4H10N2.C4H9N/c5-6-3-1-2-4-6;1-2-4-5-3-1/h1-5H2;5H,1-4H2. The SMILES string of the molecule is C1CCNC1.NN1CCCC1. The Labute approximate surface area is 68.9 Å². The minimum atomic E-state index is 1.10. The van der Waals surface area contributed by atoms with Crippen LogP contribution in [0.2, 0.25) is 0 Å². The van der Waals surface area contributed by atoms with Crippen molar-refractivity contribution in [3.8, 4) is 0 Å². The first-order valence-corrected chi connectivity index (χ1v) is 4.60. The molecular weight excluding hydrogens is 138 g/mol. The number of nitrogens with two attached hydrogens (primary N) is 1. The molecule has 3 N–H and O–H groups in total. The van der Waals surface area contributed by atoms with Crippen LogP contribution in [-0.2, 0) is 0 Å². The van der Waals surface area contributed by atoms with Crippen LogP contribution in [0.4, 0.5) is 0 Å². The second-order valence-electron chi connectivity index (χ2n) is 3.20. The van der Waals surface area contributed by atoms with E-state index in [1.165, 1.54) is 38.8 Å². The fourth-order valence-electron chi connectivity index (χ4n) is 1.37. The molecule has 2 saturated heterocycles. The zero-order chi connectivity index (χ0) is 7.94. The summed E-state index contributed by atoms with van der Waals surface area (Å²) in [5.74, 6) is 5.37. The first kappa shape index (κ1) is 8.97. The van der Waals surface area contributed by atoms with E-state index in [4.69, 9.17) is 5.84 Å². The fraction of sp³-hybridized carbons (Fsp3) is 1.00. The maximum Gasteiger partial charge on any atom is 0.0129 e. The molecule has 0 unspecified atom stereocenters. The summed E-state index contributed by atoms with van der Waals surface area (Å²) >= 11 is 0. The van der Waals surface area contributed by atoms with Gasteiger partial charge >= 0.3 is 0 Å². The Morgan fingerprint density at radius 3 is 1.64 bits per heavy atom. The van der Waals surface area contributed by atoms with Gasteiger partial charge in [-0.15, -0.1) is 0 Å². The van der Waals surface area contributed by atoms with Crippen LogP contribution in [0.1, 0.15) is 25.7 Å². The Bertz CT molecular complexity index is 77.7. The second-order valence-corrected chi connectivity index (χ2v) is 3.20. The van der Waals surface area contributed by atoms with Crippen LogP contribution in [-0.4, -0.2) is 31.2 Å². The molecule has 0 aromatic carbocycles. The van der Waals surface area contributed by atoms with E-state index in [0.717, 1.165) is 13.1 Å². The van der Waals surface area contributed by atoms with Gasteiger partial charge in [-0.1, -0.05) is 0 Å². The molecule has 0 radical (unpaired) electrons. The van der Waals surface area contributed by atoms with Crippen molar-refractivity contribution in [1.82, 2.24) is 10.3 Å². The van der Waals surface area contributed by atoms with Crippen molar-refractivity contribution in [2.24, 2.45) is 5.84 Å². The van der Waals surface area contributed by atoms with Gasteiger partial charge in [0.2, 0.25) is 0 Å². The van der Waals surface area contributed by atoms with Crippen LogP contribution in [0.25, 0.3) is 0 Å². The van der Waals surface area contributed by atoms with E-state index < -0.39 is 0 Å². The number of hydrazine groups is 1. The van der Waals surface area contributed by atoms with Gasteiger partial charge in [0.15, 0.2) is 0 Å². The van der Waals surface area contributed by atoms with Crippen molar-refractivity contribution in [2.75, 3.05) is 26.2 Å². The Balaban J connectivity index is 0.000000112. The monoisotopic (exact) mass is 157 g/mol. The Morgan fingerprint density at radius 2 is 1.45 bits per heavy atom. The molecule has 0 atom stereocenters. The minimum absolute atomic E-state index is 1.10. The van der Waals surface area contributed by atoms with Crippen LogP contribution >= 0.6 is 0 Å². The molecule has 0 spiro atoms. The van der Waals surface area contributed by atoms with Crippen molar-refractivity contribution in [3.63, 3.8) is 0 Å². The van der Waals surface area contributed by atoms with Crippen LogP contribution in [0.15, 0.2) is 0 Å². The maximum atomic E-state index is 5.37. The predicted molar refractivity (Wildman–Crippen MR) is 47.1 cm³/mol. The minimum Gasteiger partial charge on any atom is -0.317 e. The summed E-state index contributed by atoms with van der Waals surface area (Å²) in [6.45, 7) is 4.69. The van der Waals surface area contributed by atoms with Gasteiger partial charge in [0.05, 0.1) is 0 Å². The number of rotatable bonds is 0. The molecule has 66 valence electrons. The zero-order valence-electron chi connectivity index (χ0n) is 7.18. The van der Waals surface area contributed by atoms with Gasteiger partial charge in [-0.05, 0) is 38.8 Å². The van der Waals surface area contributed by atoms with E-state index in [0.29, 0.717) is 0 Å². The van der Waals surface area contributed by atoms with Crippen molar-refractivity contribution >= 4 is 0 Å². The summed E-state index contributed by atoms with van der Waals surface area (Å²) in [7, 11) is 0. The molecule has 11 heavy (non-hydrogen) atoms. The third-order valence-corrected chi connectivity index (χ3v) is 2.10. The van der Waals surface area contributed by atoms with Crippen LogP contribution in [0.5, 0.6) is 0 Å². The molecule has 0 bridgehead atoms. The largest absolute Gasteiger partial charge is 0.317 e. The Hall–Kier alpha value is -0.120. The lowest BCUT2D eigenvalue weighted by molar-refractivity contribution is 0.355. The smallest absolute Gasteiger partial charge is 0.0129 e. The third kappa shape index (κ3) is 4.35. The van der Waals surface area contributed by atoms with E-state index in [1.807, 2.05) is 5.01 Å². The van der Waals surface area contributed by atoms with Crippen molar-refractivity contribution in [2.45, 2.75) is 25.7 Å². The summed E-state index contributed by atoms with van der Waals surface area (Å²) in [6.07, 6.45) is 5.35. The van der Waals surface area contributed by atoms with Crippen LogP contribution in [0.3, 0.4) is 0 Å². The Kier molecular flexibility index (Phi) is 4.50. The molecule has 2 heterocycles. The predicted octanol–water partition coefficient (Wildman–Crippen LogP) is 0.326. The van der Waals surface area contributed by atoms with Crippen molar-refractivity contribution in [1.29, 1.82) is 0 Å². The number of nitrogens with one attached hydrogen (secondary N) is 1. The first-order valence-electron chi connectivity index (χ1n) is 4.60. The second kappa shape index (κ2) is 5.52. The Morgan fingerprint density at radius 1 is 0.909 bits per heavy atom. The van der Waals surface area contributed by atoms with Gasteiger partial charge in [-0.25, -0.2) is 5.01 Å². The molecule has 0 amide bonds.